The summed E-state index contributed by atoms with van der Waals surface area (Å²) in [5.74, 6) is 0.490. The first kappa shape index (κ1) is 14.4. The lowest BCUT2D eigenvalue weighted by Gasteiger charge is -2.20. The molecule has 1 aromatic carbocycles. The molecule has 1 heterocycles. The minimum absolute atomic E-state index is 0.174. The normalized spacial score (nSPS) is 27.3. The van der Waals surface area contributed by atoms with Gasteiger partial charge in [-0.2, -0.15) is 0 Å². The summed E-state index contributed by atoms with van der Waals surface area (Å²) in [4.78, 5) is 13.7. The summed E-state index contributed by atoms with van der Waals surface area (Å²) in [5, 5.41) is 0. The van der Waals surface area contributed by atoms with E-state index in [2.05, 4.69) is 0 Å². The van der Waals surface area contributed by atoms with Gasteiger partial charge in [0.25, 0.3) is 0 Å². The number of piperidine rings is 1. The highest BCUT2D eigenvalue weighted by Gasteiger charge is 2.62. The van der Waals surface area contributed by atoms with Gasteiger partial charge >= 0.3 is 6.09 Å². The summed E-state index contributed by atoms with van der Waals surface area (Å²) in [6.45, 7) is 1.36. The van der Waals surface area contributed by atoms with Crippen LogP contribution < -0.4 is 0 Å². The van der Waals surface area contributed by atoms with E-state index in [1.54, 1.807) is 4.90 Å². The maximum Gasteiger partial charge on any atom is 0.410 e. The molecule has 21 heavy (non-hydrogen) atoms. The third-order valence-electron chi connectivity index (χ3n) is 4.32. The first-order valence-electron chi connectivity index (χ1n) is 7.01. The number of likely N-dealkylation sites (tertiary alicyclic amines) is 1. The second kappa shape index (κ2) is 5.02. The molecule has 1 aliphatic carbocycles. The number of ether oxygens (including phenoxy) is 1. The number of sulfone groups is 1. The Balaban J connectivity index is 1.54. The summed E-state index contributed by atoms with van der Waals surface area (Å²) >= 11 is 0. The zero-order valence-corrected chi connectivity index (χ0v) is 12.8. The van der Waals surface area contributed by atoms with E-state index < -0.39 is 9.84 Å². The highest BCUT2D eigenvalue weighted by atomic mass is 32.2. The van der Waals surface area contributed by atoms with E-state index in [9.17, 15) is 13.2 Å². The average molecular weight is 309 g/mol. The standard InChI is InChI=1S/C15H19NO4S/c1-21(18,19)11-15-7-13(15)8-16(10-15)14(17)20-9-12-5-3-2-4-6-12/h2-6,13H,7-11H2,1H3. The summed E-state index contributed by atoms with van der Waals surface area (Å²) < 4.78 is 28.2. The van der Waals surface area contributed by atoms with Gasteiger partial charge in [-0.1, -0.05) is 30.3 Å². The molecule has 1 saturated heterocycles. The number of hydrogen-bond donors (Lipinski definition) is 0. The number of fused-ring (bicyclic) bond motifs is 1. The molecule has 2 fully saturated rings. The van der Waals surface area contributed by atoms with Crippen molar-refractivity contribution in [3.8, 4) is 0 Å². The van der Waals surface area contributed by atoms with Crippen molar-refractivity contribution in [1.29, 1.82) is 0 Å². The van der Waals surface area contributed by atoms with E-state index in [1.165, 1.54) is 6.26 Å². The first-order valence-corrected chi connectivity index (χ1v) is 9.07. The smallest absolute Gasteiger partial charge is 0.410 e. The minimum atomic E-state index is -3.01. The maximum atomic E-state index is 12.0. The number of rotatable bonds is 4. The fraction of sp³-hybridized carbons (Fsp3) is 0.533. The Labute approximate surface area is 124 Å². The Morgan fingerprint density at radius 1 is 1.38 bits per heavy atom. The van der Waals surface area contributed by atoms with Crippen molar-refractivity contribution in [3.05, 3.63) is 35.9 Å². The van der Waals surface area contributed by atoms with Crippen LogP contribution in [-0.2, 0) is 21.2 Å². The predicted molar refractivity (Wildman–Crippen MR) is 78.5 cm³/mol. The highest BCUT2D eigenvalue weighted by molar-refractivity contribution is 7.90. The Morgan fingerprint density at radius 3 is 2.76 bits per heavy atom. The molecule has 1 aromatic rings. The maximum absolute atomic E-state index is 12.0. The van der Waals surface area contributed by atoms with Crippen molar-refractivity contribution in [2.24, 2.45) is 11.3 Å². The topological polar surface area (TPSA) is 63.7 Å². The molecule has 2 aliphatic rings. The number of carbonyl (C=O) groups excluding carboxylic acids is 1. The van der Waals surface area contributed by atoms with E-state index in [1.807, 2.05) is 30.3 Å². The quantitative estimate of drug-likeness (QED) is 0.849. The molecule has 1 aliphatic heterocycles. The lowest BCUT2D eigenvalue weighted by atomic mass is 10.1. The summed E-state index contributed by atoms with van der Waals surface area (Å²) in [6.07, 6.45) is 1.81. The van der Waals surface area contributed by atoms with Gasteiger partial charge < -0.3 is 9.64 Å². The molecule has 6 heteroatoms. The van der Waals surface area contributed by atoms with E-state index in [0.717, 1.165) is 12.0 Å². The number of nitrogens with zero attached hydrogens (tertiary/aromatic N) is 1. The van der Waals surface area contributed by atoms with Gasteiger partial charge in [0.05, 0.1) is 5.75 Å². The van der Waals surface area contributed by atoms with E-state index in [4.69, 9.17) is 4.74 Å². The van der Waals surface area contributed by atoms with Crippen LogP contribution in [0.1, 0.15) is 12.0 Å². The van der Waals surface area contributed by atoms with Crippen molar-refractivity contribution in [3.63, 3.8) is 0 Å². The molecule has 0 bridgehead atoms. The largest absolute Gasteiger partial charge is 0.445 e. The number of amides is 1. The second-order valence-electron chi connectivity index (χ2n) is 6.25. The molecule has 1 amide bonds. The SMILES string of the molecule is CS(=O)(=O)CC12CC1CN(C(=O)OCc1ccccc1)C2. The zero-order valence-electron chi connectivity index (χ0n) is 12.0. The molecule has 0 aromatic heterocycles. The molecule has 3 rings (SSSR count). The van der Waals surface area contributed by atoms with Crippen LogP contribution in [0.4, 0.5) is 4.79 Å². The van der Waals surface area contributed by atoms with Crippen LogP contribution in [0, 0.1) is 11.3 Å². The van der Waals surface area contributed by atoms with Crippen LogP contribution in [0.25, 0.3) is 0 Å². The molecule has 114 valence electrons. The van der Waals surface area contributed by atoms with E-state index in [-0.39, 0.29) is 23.9 Å². The fourth-order valence-corrected chi connectivity index (χ4v) is 4.78. The minimum Gasteiger partial charge on any atom is -0.445 e. The Hall–Kier alpha value is -1.56. The summed E-state index contributed by atoms with van der Waals surface area (Å²) in [5.41, 5.74) is 0.736. The monoisotopic (exact) mass is 309 g/mol. The van der Waals surface area contributed by atoms with Crippen molar-refractivity contribution < 1.29 is 17.9 Å². The van der Waals surface area contributed by atoms with Crippen molar-refractivity contribution in [2.45, 2.75) is 13.0 Å². The number of carbonyl (C=O) groups is 1. The Morgan fingerprint density at radius 2 is 2.10 bits per heavy atom. The van der Waals surface area contributed by atoms with E-state index in [0.29, 0.717) is 19.0 Å². The predicted octanol–water partition coefficient (Wildman–Crippen LogP) is 1.69. The fourth-order valence-electron chi connectivity index (χ4n) is 3.29. The van der Waals surface area contributed by atoms with Crippen LogP contribution in [0.5, 0.6) is 0 Å². The van der Waals surface area contributed by atoms with Crippen LogP contribution in [-0.4, -0.2) is 44.5 Å². The highest BCUT2D eigenvalue weighted by Crippen LogP contribution is 2.58. The lowest BCUT2D eigenvalue weighted by Crippen LogP contribution is -2.33. The van der Waals surface area contributed by atoms with Crippen molar-refractivity contribution >= 4 is 15.9 Å². The molecular formula is C15H19NO4S. The van der Waals surface area contributed by atoms with Crippen LogP contribution in [0.15, 0.2) is 30.3 Å². The molecule has 2 atom stereocenters. The number of hydrogen-bond acceptors (Lipinski definition) is 4. The van der Waals surface area contributed by atoms with Crippen molar-refractivity contribution in [2.75, 3.05) is 25.1 Å². The van der Waals surface area contributed by atoms with Crippen LogP contribution >= 0.6 is 0 Å². The Bertz CT molecular complexity index is 643. The average Bonchev–Trinajstić information content (AvgIpc) is 2.94. The molecule has 0 N–H and O–H groups in total. The van der Waals surface area contributed by atoms with Gasteiger partial charge in [0, 0.05) is 24.8 Å². The lowest BCUT2D eigenvalue weighted by molar-refractivity contribution is 0.0985. The Kier molecular flexibility index (Phi) is 3.43. The summed E-state index contributed by atoms with van der Waals surface area (Å²) in [6, 6.07) is 9.51. The summed E-state index contributed by atoms with van der Waals surface area (Å²) in [7, 11) is -3.01. The van der Waals surface area contributed by atoms with Gasteiger partial charge in [0.1, 0.15) is 16.4 Å². The molecule has 0 radical (unpaired) electrons. The van der Waals surface area contributed by atoms with Crippen molar-refractivity contribution in [1.82, 2.24) is 4.90 Å². The van der Waals surface area contributed by atoms with Crippen LogP contribution in [0.3, 0.4) is 0 Å². The first-order chi connectivity index (χ1) is 9.88. The third-order valence-corrected chi connectivity index (χ3v) is 5.42. The molecule has 5 nitrogen and oxygen atoms in total. The third kappa shape index (κ3) is 3.20. The van der Waals surface area contributed by atoms with Gasteiger partial charge in [-0.15, -0.1) is 0 Å². The molecule has 2 unspecified atom stereocenters. The molecular weight excluding hydrogens is 290 g/mol. The molecule has 0 spiro atoms. The molecule has 1 saturated carbocycles. The van der Waals surface area contributed by atoms with Gasteiger partial charge in [0.2, 0.25) is 0 Å². The number of benzene rings is 1. The van der Waals surface area contributed by atoms with Gasteiger partial charge in [-0.25, -0.2) is 13.2 Å². The zero-order chi connectivity index (χ0) is 15.1. The van der Waals surface area contributed by atoms with Gasteiger partial charge in [-0.3, -0.25) is 0 Å². The second-order valence-corrected chi connectivity index (χ2v) is 8.39. The van der Waals surface area contributed by atoms with E-state index >= 15 is 0 Å². The van der Waals surface area contributed by atoms with Crippen LogP contribution in [0.2, 0.25) is 0 Å². The van der Waals surface area contributed by atoms with Gasteiger partial charge in [0.15, 0.2) is 0 Å². The van der Waals surface area contributed by atoms with Gasteiger partial charge in [-0.05, 0) is 17.9 Å².